The first-order valence-electron chi connectivity index (χ1n) is 5.61. The number of aromatic carboxylic acids is 1. The third kappa shape index (κ3) is 3.03. The summed E-state index contributed by atoms with van der Waals surface area (Å²) in [4.78, 5) is 14.6. The summed E-state index contributed by atoms with van der Waals surface area (Å²) in [5.41, 5.74) is 1.76. The van der Waals surface area contributed by atoms with Crippen LogP contribution in [0.2, 0.25) is 5.02 Å². The summed E-state index contributed by atoms with van der Waals surface area (Å²) in [6, 6.07) is 6.58. The van der Waals surface area contributed by atoms with Crippen LogP contribution in [0.3, 0.4) is 0 Å². The second-order valence-corrected chi connectivity index (χ2v) is 4.53. The van der Waals surface area contributed by atoms with Crippen molar-refractivity contribution in [2.75, 3.05) is 0 Å². The van der Waals surface area contributed by atoms with Crippen molar-refractivity contribution < 1.29 is 14.6 Å². The molecule has 0 unspecified atom stereocenters. The van der Waals surface area contributed by atoms with E-state index in [0.29, 0.717) is 16.5 Å². The molecule has 2 rings (SSSR count). The van der Waals surface area contributed by atoms with E-state index < -0.39 is 5.97 Å². The zero-order chi connectivity index (χ0) is 14.0. The van der Waals surface area contributed by atoms with Gasteiger partial charge in [-0.15, -0.1) is 0 Å². The number of hydrogen-bond acceptors (Lipinski definition) is 3. The Kier molecular flexibility index (Phi) is 3.71. The molecule has 2 aromatic rings. The van der Waals surface area contributed by atoms with Gasteiger partial charge in [0, 0.05) is 17.3 Å². The summed E-state index contributed by atoms with van der Waals surface area (Å²) < 4.78 is 5.62. The lowest BCUT2D eigenvalue weighted by Crippen LogP contribution is -1.99. The van der Waals surface area contributed by atoms with Crippen LogP contribution in [0.15, 0.2) is 30.5 Å². The van der Waals surface area contributed by atoms with Crippen molar-refractivity contribution in [2.24, 2.45) is 0 Å². The van der Waals surface area contributed by atoms with E-state index in [1.165, 1.54) is 12.3 Å². The molecule has 0 saturated heterocycles. The number of rotatable bonds is 3. The van der Waals surface area contributed by atoms with Crippen LogP contribution < -0.4 is 4.74 Å². The van der Waals surface area contributed by atoms with Crippen molar-refractivity contribution in [3.8, 4) is 11.5 Å². The number of aryl methyl sites for hydroxylation is 2. The van der Waals surface area contributed by atoms with Crippen molar-refractivity contribution in [1.29, 1.82) is 0 Å². The van der Waals surface area contributed by atoms with Crippen LogP contribution in [0, 0.1) is 13.8 Å². The van der Waals surface area contributed by atoms with E-state index in [2.05, 4.69) is 4.98 Å². The van der Waals surface area contributed by atoms with E-state index in [1.54, 1.807) is 18.2 Å². The third-order valence-electron chi connectivity index (χ3n) is 2.60. The zero-order valence-electron chi connectivity index (χ0n) is 10.5. The molecular weight excluding hydrogens is 266 g/mol. The summed E-state index contributed by atoms with van der Waals surface area (Å²) in [7, 11) is 0. The van der Waals surface area contributed by atoms with Gasteiger partial charge >= 0.3 is 5.97 Å². The molecule has 4 nitrogen and oxygen atoms in total. The standard InChI is InChI=1S/C14H12ClNO3/c1-8-5-11(6-9(2)13(8)15)19-10-3-4-16-12(7-10)14(17)18/h3-7H,1-2H3,(H,17,18). The number of hydrogen-bond donors (Lipinski definition) is 1. The number of nitrogens with zero attached hydrogens (tertiary/aromatic N) is 1. The first-order valence-corrected chi connectivity index (χ1v) is 5.99. The Hall–Kier alpha value is -2.07. The van der Waals surface area contributed by atoms with Crippen LogP contribution in [-0.4, -0.2) is 16.1 Å². The zero-order valence-corrected chi connectivity index (χ0v) is 11.2. The molecule has 0 saturated carbocycles. The first kappa shape index (κ1) is 13.4. The van der Waals surface area contributed by atoms with Crippen molar-refractivity contribution >= 4 is 17.6 Å². The van der Waals surface area contributed by atoms with Crippen molar-refractivity contribution in [1.82, 2.24) is 4.98 Å². The quantitative estimate of drug-likeness (QED) is 0.926. The maximum atomic E-state index is 10.8. The number of carboxylic acid groups (broad SMARTS) is 1. The first-order chi connectivity index (χ1) is 8.97. The van der Waals surface area contributed by atoms with E-state index in [4.69, 9.17) is 21.4 Å². The van der Waals surface area contributed by atoms with Crippen LogP contribution in [0.4, 0.5) is 0 Å². The Labute approximate surface area is 115 Å². The molecule has 0 aliphatic heterocycles. The number of carboxylic acids is 1. The number of benzene rings is 1. The molecule has 0 amide bonds. The molecule has 5 heteroatoms. The van der Waals surface area contributed by atoms with E-state index in [9.17, 15) is 4.79 Å². The molecule has 19 heavy (non-hydrogen) atoms. The Morgan fingerprint density at radius 3 is 2.42 bits per heavy atom. The normalized spacial score (nSPS) is 10.3. The molecule has 1 heterocycles. The van der Waals surface area contributed by atoms with E-state index in [0.717, 1.165) is 11.1 Å². The summed E-state index contributed by atoms with van der Waals surface area (Å²) in [6.07, 6.45) is 1.40. The highest BCUT2D eigenvalue weighted by atomic mass is 35.5. The highest BCUT2D eigenvalue weighted by Crippen LogP contribution is 2.29. The molecule has 0 spiro atoms. The van der Waals surface area contributed by atoms with E-state index in [-0.39, 0.29) is 5.69 Å². The minimum absolute atomic E-state index is 0.0556. The maximum absolute atomic E-state index is 10.8. The fraction of sp³-hybridized carbons (Fsp3) is 0.143. The fourth-order valence-corrected chi connectivity index (χ4v) is 1.80. The van der Waals surface area contributed by atoms with Gasteiger partial charge in [0.05, 0.1) is 0 Å². The Morgan fingerprint density at radius 1 is 1.21 bits per heavy atom. The minimum Gasteiger partial charge on any atom is -0.477 e. The molecule has 0 bridgehead atoms. The maximum Gasteiger partial charge on any atom is 0.354 e. The fourth-order valence-electron chi connectivity index (χ4n) is 1.69. The second-order valence-electron chi connectivity index (χ2n) is 4.16. The number of aromatic nitrogens is 1. The number of carbonyl (C=O) groups is 1. The Morgan fingerprint density at radius 2 is 1.84 bits per heavy atom. The van der Waals surface area contributed by atoms with Crippen LogP contribution in [0.5, 0.6) is 11.5 Å². The lowest BCUT2D eigenvalue weighted by molar-refractivity contribution is 0.0690. The van der Waals surface area contributed by atoms with Crippen molar-refractivity contribution in [3.63, 3.8) is 0 Å². The van der Waals surface area contributed by atoms with Gasteiger partial charge < -0.3 is 9.84 Å². The van der Waals surface area contributed by atoms with Gasteiger partial charge in [0.1, 0.15) is 11.5 Å². The van der Waals surface area contributed by atoms with Crippen LogP contribution in [-0.2, 0) is 0 Å². The minimum atomic E-state index is -1.09. The van der Waals surface area contributed by atoms with Crippen LogP contribution in [0.1, 0.15) is 21.6 Å². The Bertz CT molecular complexity index is 617. The summed E-state index contributed by atoms with van der Waals surface area (Å²) in [5, 5.41) is 9.57. The lowest BCUT2D eigenvalue weighted by Gasteiger charge is -2.09. The topological polar surface area (TPSA) is 59.4 Å². The molecule has 0 atom stereocenters. The van der Waals surface area contributed by atoms with Crippen molar-refractivity contribution in [2.45, 2.75) is 13.8 Å². The third-order valence-corrected chi connectivity index (χ3v) is 3.19. The highest BCUT2D eigenvalue weighted by Gasteiger charge is 2.08. The van der Waals surface area contributed by atoms with Crippen LogP contribution in [0.25, 0.3) is 0 Å². The van der Waals surface area contributed by atoms with Crippen molar-refractivity contribution in [3.05, 3.63) is 52.3 Å². The van der Waals surface area contributed by atoms with Gasteiger partial charge in [-0.1, -0.05) is 11.6 Å². The van der Waals surface area contributed by atoms with E-state index in [1.807, 2.05) is 13.8 Å². The highest BCUT2D eigenvalue weighted by molar-refractivity contribution is 6.32. The number of ether oxygens (including phenoxy) is 1. The summed E-state index contributed by atoms with van der Waals surface area (Å²) in [6.45, 7) is 3.77. The van der Waals surface area contributed by atoms with Crippen LogP contribution >= 0.6 is 11.6 Å². The average Bonchev–Trinajstić information content (AvgIpc) is 2.36. The monoisotopic (exact) mass is 277 g/mol. The van der Waals surface area contributed by atoms with Gasteiger partial charge in [0.15, 0.2) is 5.69 Å². The van der Waals surface area contributed by atoms with Gasteiger partial charge in [-0.05, 0) is 43.2 Å². The summed E-state index contributed by atoms with van der Waals surface area (Å²) >= 11 is 6.08. The molecule has 0 aliphatic carbocycles. The molecule has 1 aromatic carbocycles. The molecule has 1 aromatic heterocycles. The van der Waals surface area contributed by atoms with Gasteiger partial charge in [0.2, 0.25) is 0 Å². The molecule has 0 aliphatic rings. The largest absolute Gasteiger partial charge is 0.477 e. The average molecular weight is 278 g/mol. The van der Waals surface area contributed by atoms with Gasteiger partial charge in [-0.2, -0.15) is 0 Å². The molecule has 0 radical (unpaired) electrons. The predicted octanol–water partition coefficient (Wildman–Crippen LogP) is 3.84. The van der Waals surface area contributed by atoms with E-state index >= 15 is 0 Å². The van der Waals surface area contributed by atoms with Gasteiger partial charge in [-0.3, -0.25) is 0 Å². The second kappa shape index (κ2) is 5.28. The molecule has 98 valence electrons. The summed E-state index contributed by atoms with van der Waals surface area (Å²) in [5.74, 6) is -0.0515. The predicted molar refractivity (Wildman–Crippen MR) is 72.2 cm³/mol. The van der Waals surface area contributed by atoms with Gasteiger partial charge in [-0.25, -0.2) is 9.78 Å². The number of pyridine rings is 1. The lowest BCUT2D eigenvalue weighted by atomic mass is 10.1. The molecule has 0 fully saturated rings. The SMILES string of the molecule is Cc1cc(Oc2ccnc(C(=O)O)c2)cc(C)c1Cl. The molecule has 1 N–H and O–H groups in total. The Balaban J connectivity index is 2.31. The van der Waals surface area contributed by atoms with Gasteiger partial charge in [0.25, 0.3) is 0 Å². The molecular formula is C14H12ClNO3. The smallest absolute Gasteiger partial charge is 0.354 e. The number of halogens is 1.